The summed E-state index contributed by atoms with van der Waals surface area (Å²) >= 11 is 0. The maximum absolute atomic E-state index is 10.2. The van der Waals surface area contributed by atoms with Gasteiger partial charge in [-0.25, -0.2) is 0 Å². The molecule has 0 rings (SSSR count). The number of carboxylic acids is 1. The van der Waals surface area contributed by atoms with E-state index >= 15 is 0 Å². The number of aliphatic carboxylic acids is 1. The Morgan fingerprint density at radius 2 is 2.00 bits per heavy atom. The molecule has 0 atom stereocenters. The Balaban J connectivity index is 3.39. The van der Waals surface area contributed by atoms with Crippen LogP contribution in [0.4, 0.5) is 0 Å². The van der Waals surface area contributed by atoms with Crippen molar-refractivity contribution in [2.75, 3.05) is 6.54 Å². The second-order valence-corrected chi connectivity index (χ2v) is 4.41. The summed E-state index contributed by atoms with van der Waals surface area (Å²) in [5.41, 5.74) is 0.192. The third-order valence-electron chi connectivity index (χ3n) is 2.30. The van der Waals surface area contributed by atoms with Crippen LogP contribution >= 0.6 is 0 Å². The topological polar surface area (TPSA) is 49.3 Å². The molecule has 0 aliphatic carbocycles. The number of rotatable bonds is 8. The van der Waals surface area contributed by atoms with Crippen LogP contribution in [0, 0.1) is 0 Å². The summed E-state index contributed by atoms with van der Waals surface area (Å²) < 4.78 is 0. The van der Waals surface area contributed by atoms with E-state index in [9.17, 15) is 4.79 Å². The molecule has 0 aliphatic heterocycles. The van der Waals surface area contributed by atoms with Crippen molar-refractivity contribution in [3.05, 3.63) is 0 Å². The van der Waals surface area contributed by atoms with Gasteiger partial charge in [0.1, 0.15) is 0 Å². The Labute approximate surface area is 86.9 Å². The quantitative estimate of drug-likeness (QED) is 0.593. The van der Waals surface area contributed by atoms with Gasteiger partial charge in [0.25, 0.3) is 0 Å². The lowest BCUT2D eigenvalue weighted by molar-refractivity contribution is -0.137. The molecule has 0 fully saturated rings. The van der Waals surface area contributed by atoms with Crippen molar-refractivity contribution >= 4 is 5.97 Å². The maximum atomic E-state index is 10.2. The summed E-state index contributed by atoms with van der Waals surface area (Å²) in [5.74, 6) is -0.696. The summed E-state index contributed by atoms with van der Waals surface area (Å²) in [6.07, 6.45) is 4.33. The van der Waals surface area contributed by atoms with E-state index in [1.807, 2.05) is 0 Å². The predicted molar refractivity (Wildman–Crippen MR) is 58.5 cm³/mol. The summed E-state index contributed by atoms with van der Waals surface area (Å²) in [6.45, 7) is 7.47. The van der Waals surface area contributed by atoms with Gasteiger partial charge in [-0.3, -0.25) is 4.79 Å². The lowest BCUT2D eigenvalue weighted by Crippen LogP contribution is -2.39. The van der Waals surface area contributed by atoms with Gasteiger partial charge in [-0.2, -0.15) is 0 Å². The number of hydrogen-bond acceptors (Lipinski definition) is 2. The van der Waals surface area contributed by atoms with Gasteiger partial charge in [0, 0.05) is 12.0 Å². The normalized spacial score (nSPS) is 11.6. The van der Waals surface area contributed by atoms with Gasteiger partial charge in [-0.05, 0) is 39.7 Å². The second-order valence-electron chi connectivity index (χ2n) is 4.41. The third kappa shape index (κ3) is 8.05. The minimum absolute atomic E-state index is 0.192. The van der Waals surface area contributed by atoms with Gasteiger partial charge >= 0.3 is 5.97 Å². The van der Waals surface area contributed by atoms with Crippen molar-refractivity contribution in [1.82, 2.24) is 5.32 Å². The molecule has 0 saturated carbocycles. The maximum Gasteiger partial charge on any atom is 0.303 e. The lowest BCUT2D eigenvalue weighted by Gasteiger charge is -2.25. The van der Waals surface area contributed by atoms with Gasteiger partial charge in [0.05, 0.1) is 0 Å². The molecular weight excluding hydrogens is 178 g/mol. The Morgan fingerprint density at radius 3 is 2.50 bits per heavy atom. The average Bonchev–Trinajstić information content (AvgIpc) is 2.02. The van der Waals surface area contributed by atoms with E-state index in [0.717, 1.165) is 25.8 Å². The third-order valence-corrected chi connectivity index (χ3v) is 2.30. The van der Waals surface area contributed by atoms with E-state index in [1.54, 1.807) is 0 Å². The summed E-state index contributed by atoms with van der Waals surface area (Å²) in [5, 5.41) is 11.9. The fourth-order valence-electron chi connectivity index (χ4n) is 1.54. The Morgan fingerprint density at radius 1 is 1.36 bits per heavy atom. The van der Waals surface area contributed by atoms with Gasteiger partial charge in [-0.15, -0.1) is 0 Å². The molecule has 0 unspecified atom stereocenters. The van der Waals surface area contributed by atoms with Crippen molar-refractivity contribution in [1.29, 1.82) is 0 Å². The highest BCUT2D eigenvalue weighted by atomic mass is 16.4. The summed E-state index contributed by atoms with van der Waals surface area (Å²) in [7, 11) is 0. The molecule has 0 bridgehead atoms. The summed E-state index contributed by atoms with van der Waals surface area (Å²) in [6, 6.07) is 0. The van der Waals surface area contributed by atoms with E-state index in [-0.39, 0.29) is 12.0 Å². The van der Waals surface area contributed by atoms with Crippen LogP contribution in [-0.4, -0.2) is 23.2 Å². The van der Waals surface area contributed by atoms with Crippen LogP contribution in [0.3, 0.4) is 0 Å². The number of unbranched alkanes of at least 4 members (excludes halogenated alkanes) is 1. The molecular formula is C11H23NO2. The Kier molecular flexibility index (Phi) is 6.54. The van der Waals surface area contributed by atoms with E-state index in [0.29, 0.717) is 0 Å². The van der Waals surface area contributed by atoms with Gasteiger partial charge in [-0.1, -0.05) is 13.3 Å². The zero-order valence-corrected chi connectivity index (χ0v) is 9.60. The molecule has 0 saturated heterocycles. The van der Waals surface area contributed by atoms with Crippen molar-refractivity contribution < 1.29 is 9.90 Å². The zero-order chi connectivity index (χ0) is 11.0. The molecule has 0 radical (unpaired) electrons. The highest BCUT2D eigenvalue weighted by Crippen LogP contribution is 2.10. The fourth-order valence-corrected chi connectivity index (χ4v) is 1.54. The first-order chi connectivity index (χ1) is 6.48. The number of nitrogens with one attached hydrogen (secondary N) is 1. The standard InChI is InChI=1S/C11H23NO2/c1-4-8-11(2,3)12-9-6-5-7-10(13)14/h12H,4-9H2,1-3H3,(H,13,14). The molecule has 3 heteroatoms. The molecule has 0 aromatic carbocycles. The van der Waals surface area contributed by atoms with Gasteiger partial charge < -0.3 is 10.4 Å². The first-order valence-electron chi connectivity index (χ1n) is 5.45. The monoisotopic (exact) mass is 201 g/mol. The van der Waals surface area contributed by atoms with E-state index in [4.69, 9.17) is 5.11 Å². The van der Waals surface area contributed by atoms with Crippen LogP contribution in [0.25, 0.3) is 0 Å². The van der Waals surface area contributed by atoms with Crippen molar-refractivity contribution in [2.45, 2.75) is 58.4 Å². The van der Waals surface area contributed by atoms with Crippen molar-refractivity contribution in [2.24, 2.45) is 0 Å². The lowest BCUT2D eigenvalue weighted by atomic mass is 9.99. The minimum atomic E-state index is -0.696. The highest BCUT2D eigenvalue weighted by molar-refractivity contribution is 5.66. The first-order valence-corrected chi connectivity index (χ1v) is 5.45. The average molecular weight is 201 g/mol. The SMILES string of the molecule is CCCC(C)(C)NCCCCC(=O)O. The largest absolute Gasteiger partial charge is 0.481 e. The zero-order valence-electron chi connectivity index (χ0n) is 9.60. The number of carbonyl (C=O) groups is 1. The van der Waals surface area contributed by atoms with Crippen LogP contribution in [0.1, 0.15) is 52.9 Å². The predicted octanol–water partition coefficient (Wildman–Crippen LogP) is 2.41. The highest BCUT2D eigenvalue weighted by Gasteiger charge is 2.14. The van der Waals surface area contributed by atoms with Crippen molar-refractivity contribution in [3.8, 4) is 0 Å². The van der Waals surface area contributed by atoms with E-state index in [2.05, 4.69) is 26.1 Å². The molecule has 0 spiro atoms. The van der Waals surface area contributed by atoms with Crippen LogP contribution in [0.15, 0.2) is 0 Å². The fraction of sp³-hybridized carbons (Fsp3) is 0.909. The first kappa shape index (κ1) is 13.4. The molecule has 0 aliphatic rings. The summed E-state index contributed by atoms with van der Waals surface area (Å²) in [4.78, 5) is 10.2. The van der Waals surface area contributed by atoms with Crippen LogP contribution in [0.2, 0.25) is 0 Å². The molecule has 0 aromatic rings. The van der Waals surface area contributed by atoms with E-state index in [1.165, 1.54) is 6.42 Å². The minimum Gasteiger partial charge on any atom is -0.481 e. The smallest absolute Gasteiger partial charge is 0.303 e. The Bertz CT molecular complexity index is 167. The van der Waals surface area contributed by atoms with Gasteiger partial charge in [0.15, 0.2) is 0 Å². The number of carboxylic acid groups (broad SMARTS) is 1. The van der Waals surface area contributed by atoms with E-state index < -0.39 is 5.97 Å². The molecule has 14 heavy (non-hydrogen) atoms. The molecule has 84 valence electrons. The number of hydrogen-bond donors (Lipinski definition) is 2. The second kappa shape index (κ2) is 6.82. The van der Waals surface area contributed by atoms with Crippen LogP contribution in [-0.2, 0) is 4.79 Å². The molecule has 0 amide bonds. The van der Waals surface area contributed by atoms with Crippen molar-refractivity contribution in [3.63, 3.8) is 0 Å². The Hall–Kier alpha value is -0.570. The molecule has 3 nitrogen and oxygen atoms in total. The van der Waals surface area contributed by atoms with Crippen LogP contribution in [0.5, 0.6) is 0 Å². The molecule has 2 N–H and O–H groups in total. The van der Waals surface area contributed by atoms with Crippen LogP contribution < -0.4 is 5.32 Å². The molecule has 0 aromatic heterocycles. The van der Waals surface area contributed by atoms with Gasteiger partial charge in [0.2, 0.25) is 0 Å². The molecule has 0 heterocycles.